The van der Waals surface area contributed by atoms with Crippen LogP contribution in [0.4, 0.5) is 0 Å². The topological polar surface area (TPSA) is 72.8 Å². The van der Waals surface area contributed by atoms with Gasteiger partial charge in [-0.25, -0.2) is 0 Å². The Bertz CT molecular complexity index is 199. The Labute approximate surface area is 90.1 Å². The lowest BCUT2D eigenvalue weighted by atomic mass is 10.0. The van der Waals surface area contributed by atoms with Crippen molar-refractivity contribution in [3.63, 3.8) is 0 Å². The monoisotopic (exact) mass is 216 g/mol. The Morgan fingerprint density at radius 3 is 2.33 bits per heavy atom. The van der Waals surface area contributed by atoms with E-state index in [-0.39, 0.29) is 25.2 Å². The van der Waals surface area contributed by atoms with Crippen LogP contribution < -0.4 is 5.32 Å². The van der Waals surface area contributed by atoms with Crippen molar-refractivity contribution in [2.45, 2.75) is 31.8 Å². The number of likely N-dealkylation sites (tertiary alicyclic amines) is 1. The van der Waals surface area contributed by atoms with Crippen LogP contribution in [0.5, 0.6) is 0 Å². The van der Waals surface area contributed by atoms with Gasteiger partial charge in [0.15, 0.2) is 0 Å². The molecule has 0 aromatic heterocycles. The van der Waals surface area contributed by atoms with Crippen molar-refractivity contribution in [1.29, 1.82) is 0 Å². The zero-order chi connectivity index (χ0) is 11.3. The highest BCUT2D eigenvalue weighted by molar-refractivity contribution is 5.73. The molecule has 1 fully saturated rings. The highest BCUT2D eigenvalue weighted by Crippen LogP contribution is 2.10. The molecule has 3 N–H and O–H groups in total. The lowest BCUT2D eigenvalue weighted by Crippen LogP contribution is -2.49. The normalized spacial score (nSPS) is 18.5. The van der Waals surface area contributed by atoms with E-state index in [4.69, 9.17) is 10.2 Å². The molecule has 88 valence electrons. The molecule has 1 heterocycles. The summed E-state index contributed by atoms with van der Waals surface area (Å²) in [6, 6.07) is 0.0591. The third-order valence-electron chi connectivity index (χ3n) is 2.85. The molecule has 0 aromatic rings. The van der Waals surface area contributed by atoms with E-state index in [2.05, 4.69) is 5.32 Å². The second kappa shape index (κ2) is 6.05. The van der Waals surface area contributed by atoms with Crippen molar-refractivity contribution in [3.8, 4) is 0 Å². The molecule has 1 amide bonds. The molecular formula is C10H20N2O3. The summed E-state index contributed by atoms with van der Waals surface area (Å²) in [5.41, 5.74) is 0. The highest BCUT2D eigenvalue weighted by Gasteiger charge is 2.22. The summed E-state index contributed by atoms with van der Waals surface area (Å²) in [4.78, 5) is 12.9. The number of hydrogen-bond donors (Lipinski definition) is 3. The van der Waals surface area contributed by atoms with E-state index in [1.807, 2.05) is 4.90 Å². The van der Waals surface area contributed by atoms with E-state index in [1.165, 1.54) is 0 Å². The number of carbonyl (C=O) groups excluding carboxylic acids is 1. The summed E-state index contributed by atoms with van der Waals surface area (Å²) in [5, 5.41) is 21.0. The molecular weight excluding hydrogens is 196 g/mol. The van der Waals surface area contributed by atoms with Crippen LogP contribution >= 0.6 is 0 Å². The molecule has 0 unspecified atom stereocenters. The number of nitrogens with zero attached hydrogens (tertiary/aromatic N) is 1. The first-order valence-corrected chi connectivity index (χ1v) is 5.40. The molecule has 15 heavy (non-hydrogen) atoms. The standard InChI is InChI=1S/C10H20N2O3/c1-8(15)12-4-2-9(3-5-12)11-10(6-13)7-14/h9-11,13-14H,2-7H2,1H3. The van der Waals surface area contributed by atoms with Gasteiger partial charge >= 0.3 is 0 Å². The first kappa shape index (κ1) is 12.4. The van der Waals surface area contributed by atoms with Crippen LogP contribution in [0, 0.1) is 0 Å². The second-order valence-electron chi connectivity index (χ2n) is 4.01. The molecule has 0 spiro atoms. The van der Waals surface area contributed by atoms with Gasteiger partial charge in [0.2, 0.25) is 5.91 Å². The van der Waals surface area contributed by atoms with Gasteiger partial charge in [0.1, 0.15) is 0 Å². The molecule has 0 saturated carbocycles. The minimum atomic E-state index is -0.237. The number of aliphatic hydroxyl groups excluding tert-OH is 2. The number of aliphatic hydroxyl groups is 2. The fourth-order valence-electron chi connectivity index (χ4n) is 1.86. The van der Waals surface area contributed by atoms with Crippen LogP contribution in [0.15, 0.2) is 0 Å². The minimum Gasteiger partial charge on any atom is -0.395 e. The SMILES string of the molecule is CC(=O)N1CCC(NC(CO)CO)CC1. The van der Waals surface area contributed by atoms with Gasteiger partial charge in [0.25, 0.3) is 0 Å². The Morgan fingerprint density at radius 2 is 1.93 bits per heavy atom. The van der Waals surface area contributed by atoms with Crippen molar-refractivity contribution in [2.75, 3.05) is 26.3 Å². The number of amides is 1. The fraction of sp³-hybridized carbons (Fsp3) is 0.900. The summed E-state index contributed by atoms with van der Waals surface area (Å²) in [7, 11) is 0. The van der Waals surface area contributed by atoms with Crippen LogP contribution in [0.3, 0.4) is 0 Å². The number of piperidine rings is 1. The van der Waals surface area contributed by atoms with Crippen molar-refractivity contribution >= 4 is 5.91 Å². The van der Waals surface area contributed by atoms with E-state index in [9.17, 15) is 4.79 Å². The van der Waals surface area contributed by atoms with E-state index in [0.29, 0.717) is 6.04 Å². The van der Waals surface area contributed by atoms with Crippen molar-refractivity contribution in [1.82, 2.24) is 10.2 Å². The maximum atomic E-state index is 11.1. The maximum Gasteiger partial charge on any atom is 0.219 e. The molecule has 0 aromatic carbocycles. The van der Waals surface area contributed by atoms with Gasteiger partial charge in [0, 0.05) is 26.1 Å². The van der Waals surface area contributed by atoms with Gasteiger partial charge in [0.05, 0.1) is 19.3 Å². The van der Waals surface area contributed by atoms with Crippen LogP contribution in [0.2, 0.25) is 0 Å². The molecule has 0 aliphatic carbocycles. The Morgan fingerprint density at radius 1 is 1.40 bits per heavy atom. The predicted molar refractivity (Wildman–Crippen MR) is 56.4 cm³/mol. The van der Waals surface area contributed by atoms with E-state index < -0.39 is 0 Å². The molecule has 0 bridgehead atoms. The highest BCUT2D eigenvalue weighted by atomic mass is 16.3. The lowest BCUT2D eigenvalue weighted by molar-refractivity contribution is -0.129. The largest absolute Gasteiger partial charge is 0.395 e. The molecule has 5 heteroatoms. The van der Waals surface area contributed by atoms with Crippen molar-refractivity contribution in [2.24, 2.45) is 0 Å². The third kappa shape index (κ3) is 3.77. The van der Waals surface area contributed by atoms with Crippen LogP contribution in [-0.2, 0) is 4.79 Å². The van der Waals surface area contributed by atoms with Gasteiger partial charge < -0.3 is 20.4 Å². The summed E-state index contributed by atoms with van der Waals surface area (Å²) in [6.07, 6.45) is 1.77. The Kier molecular flexibility index (Phi) is 5.01. The molecule has 0 atom stereocenters. The van der Waals surface area contributed by atoms with Crippen LogP contribution in [0.25, 0.3) is 0 Å². The third-order valence-corrected chi connectivity index (χ3v) is 2.85. The molecule has 0 radical (unpaired) electrons. The average molecular weight is 216 g/mol. The second-order valence-corrected chi connectivity index (χ2v) is 4.01. The maximum absolute atomic E-state index is 11.1. The van der Waals surface area contributed by atoms with Crippen molar-refractivity contribution in [3.05, 3.63) is 0 Å². The molecule has 5 nitrogen and oxygen atoms in total. The molecule has 1 aliphatic heterocycles. The van der Waals surface area contributed by atoms with Crippen LogP contribution in [0.1, 0.15) is 19.8 Å². The van der Waals surface area contributed by atoms with E-state index in [1.54, 1.807) is 6.92 Å². The fourth-order valence-corrected chi connectivity index (χ4v) is 1.86. The van der Waals surface area contributed by atoms with Gasteiger partial charge in [-0.05, 0) is 12.8 Å². The first-order chi connectivity index (χ1) is 7.17. The summed E-state index contributed by atoms with van der Waals surface area (Å²) in [5.74, 6) is 0.120. The average Bonchev–Trinajstić information content (AvgIpc) is 2.26. The summed E-state index contributed by atoms with van der Waals surface area (Å²) in [6.45, 7) is 3.00. The lowest BCUT2D eigenvalue weighted by Gasteiger charge is -2.33. The van der Waals surface area contributed by atoms with Crippen molar-refractivity contribution < 1.29 is 15.0 Å². The van der Waals surface area contributed by atoms with E-state index in [0.717, 1.165) is 25.9 Å². The Hall–Kier alpha value is -0.650. The smallest absolute Gasteiger partial charge is 0.219 e. The number of hydrogen-bond acceptors (Lipinski definition) is 4. The molecule has 1 rings (SSSR count). The van der Waals surface area contributed by atoms with Gasteiger partial charge in [-0.1, -0.05) is 0 Å². The zero-order valence-electron chi connectivity index (χ0n) is 9.15. The minimum absolute atomic E-state index is 0.0522. The van der Waals surface area contributed by atoms with Crippen LogP contribution in [-0.4, -0.2) is 59.4 Å². The summed E-state index contributed by atoms with van der Waals surface area (Å²) < 4.78 is 0. The number of rotatable bonds is 4. The molecule has 1 aliphatic rings. The number of carbonyl (C=O) groups is 1. The van der Waals surface area contributed by atoms with Gasteiger partial charge in [-0.2, -0.15) is 0 Å². The predicted octanol–water partition coefficient (Wildman–Crippen LogP) is -1.06. The van der Waals surface area contributed by atoms with Gasteiger partial charge in [-0.3, -0.25) is 4.79 Å². The number of nitrogens with one attached hydrogen (secondary N) is 1. The Balaban J connectivity index is 2.28. The van der Waals surface area contributed by atoms with E-state index >= 15 is 0 Å². The zero-order valence-corrected chi connectivity index (χ0v) is 9.15. The quantitative estimate of drug-likeness (QED) is 0.560. The summed E-state index contributed by atoms with van der Waals surface area (Å²) >= 11 is 0. The first-order valence-electron chi connectivity index (χ1n) is 5.40. The van der Waals surface area contributed by atoms with Gasteiger partial charge in [-0.15, -0.1) is 0 Å². The molecule has 1 saturated heterocycles.